The Morgan fingerprint density at radius 1 is 1.27 bits per heavy atom. The van der Waals surface area contributed by atoms with Gasteiger partial charge in [-0.05, 0) is 18.9 Å². The van der Waals surface area contributed by atoms with Crippen molar-refractivity contribution >= 4 is 22.8 Å². The van der Waals surface area contributed by atoms with E-state index in [1.165, 1.54) is 4.31 Å². The lowest BCUT2D eigenvalue weighted by Crippen LogP contribution is -2.45. The van der Waals surface area contributed by atoms with Gasteiger partial charge in [-0.25, -0.2) is 17.9 Å². The number of thiol groups is 1. The van der Waals surface area contributed by atoms with Gasteiger partial charge in [0.25, 0.3) is 10.2 Å². The monoisotopic (exact) mass is 412 g/mol. The predicted molar refractivity (Wildman–Crippen MR) is 95.7 cm³/mol. The summed E-state index contributed by atoms with van der Waals surface area (Å²) >= 11 is 4.34. The van der Waals surface area contributed by atoms with E-state index in [0.717, 1.165) is 18.9 Å². The van der Waals surface area contributed by atoms with Crippen molar-refractivity contribution in [3.63, 3.8) is 0 Å². The molecular weight excluding hydrogens is 389 g/mol. The lowest BCUT2D eigenvalue weighted by Gasteiger charge is -2.24. The number of benzene rings is 1. The van der Waals surface area contributed by atoms with Gasteiger partial charge < -0.3 is 4.74 Å². The van der Waals surface area contributed by atoms with Crippen molar-refractivity contribution in [1.29, 1.82) is 0 Å². The van der Waals surface area contributed by atoms with Crippen molar-refractivity contribution in [3.05, 3.63) is 35.1 Å². The first-order valence-corrected chi connectivity index (χ1v) is 10.4. The Labute approximate surface area is 157 Å². The van der Waals surface area contributed by atoms with Crippen LogP contribution in [0.25, 0.3) is 0 Å². The Bertz CT molecular complexity index is 719. The Hall–Kier alpha value is -0.810. The van der Waals surface area contributed by atoms with Crippen LogP contribution in [0.1, 0.15) is 31.7 Å². The Morgan fingerprint density at radius 3 is 2.65 bits per heavy atom. The van der Waals surface area contributed by atoms with Crippen molar-refractivity contribution in [1.82, 2.24) is 9.03 Å². The highest BCUT2D eigenvalue weighted by atomic mass is 32.2. The van der Waals surface area contributed by atoms with Crippen LogP contribution in [-0.4, -0.2) is 43.7 Å². The van der Waals surface area contributed by atoms with Crippen LogP contribution in [0.15, 0.2) is 12.1 Å². The molecular formula is C16H23F3N2O3S2. The molecule has 148 valence electrons. The number of hydrogen-bond acceptors (Lipinski definition) is 4. The lowest BCUT2D eigenvalue weighted by atomic mass is 10.2. The molecule has 1 aliphatic heterocycles. The molecule has 1 fully saturated rings. The van der Waals surface area contributed by atoms with Gasteiger partial charge in [-0.15, -0.1) is 0 Å². The van der Waals surface area contributed by atoms with E-state index in [9.17, 15) is 21.6 Å². The van der Waals surface area contributed by atoms with Gasteiger partial charge in [-0.3, -0.25) is 0 Å². The van der Waals surface area contributed by atoms with Crippen LogP contribution in [0.4, 0.5) is 13.2 Å². The lowest BCUT2D eigenvalue weighted by molar-refractivity contribution is 0.0849. The quantitative estimate of drug-likeness (QED) is 0.372. The highest BCUT2D eigenvalue weighted by Crippen LogP contribution is 2.25. The summed E-state index contributed by atoms with van der Waals surface area (Å²) < 4.78 is 73.8. The van der Waals surface area contributed by atoms with Crippen molar-refractivity contribution in [2.75, 3.05) is 19.7 Å². The Morgan fingerprint density at radius 2 is 1.96 bits per heavy atom. The van der Waals surface area contributed by atoms with Gasteiger partial charge in [-0.2, -0.15) is 25.4 Å². The SMILES string of the molecule is CCCCNS(=O)(=O)N1CC(S)C[C@H]1COCc1cc(F)c(F)cc1F. The summed E-state index contributed by atoms with van der Waals surface area (Å²) in [6.45, 7) is 2.28. The molecule has 1 aromatic carbocycles. The second-order valence-corrected chi connectivity index (χ2v) is 8.68. The number of rotatable bonds is 9. The van der Waals surface area contributed by atoms with Gasteiger partial charge in [0, 0.05) is 30.0 Å². The molecule has 0 radical (unpaired) electrons. The predicted octanol–water partition coefficient (Wildman–Crippen LogP) is 2.63. The summed E-state index contributed by atoms with van der Waals surface area (Å²) in [5.41, 5.74) is -0.125. The van der Waals surface area contributed by atoms with E-state index in [0.29, 0.717) is 19.0 Å². The van der Waals surface area contributed by atoms with Crippen LogP contribution in [0, 0.1) is 17.5 Å². The summed E-state index contributed by atoms with van der Waals surface area (Å²) in [7, 11) is -3.66. The number of unbranched alkanes of at least 4 members (excludes halogenated alkanes) is 1. The van der Waals surface area contributed by atoms with Gasteiger partial charge in [0.15, 0.2) is 11.6 Å². The maximum atomic E-state index is 13.6. The molecule has 1 N–H and O–H groups in total. The Kier molecular flexibility index (Phi) is 7.77. The van der Waals surface area contributed by atoms with E-state index in [1.807, 2.05) is 6.92 Å². The van der Waals surface area contributed by atoms with E-state index in [4.69, 9.17) is 4.74 Å². The van der Waals surface area contributed by atoms with Crippen molar-refractivity contribution in [2.24, 2.45) is 0 Å². The van der Waals surface area contributed by atoms with E-state index in [2.05, 4.69) is 17.4 Å². The van der Waals surface area contributed by atoms with E-state index in [1.54, 1.807) is 0 Å². The maximum absolute atomic E-state index is 13.6. The molecule has 0 amide bonds. The fraction of sp³-hybridized carbons (Fsp3) is 0.625. The molecule has 1 saturated heterocycles. The number of nitrogens with zero attached hydrogens (tertiary/aromatic N) is 1. The van der Waals surface area contributed by atoms with Crippen LogP contribution in [0.2, 0.25) is 0 Å². The number of ether oxygens (including phenoxy) is 1. The molecule has 0 spiro atoms. The summed E-state index contributed by atoms with van der Waals surface area (Å²) in [6, 6.07) is 0.744. The fourth-order valence-electron chi connectivity index (χ4n) is 2.75. The number of nitrogens with one attached hydrogen (secondary N) is 1. The topological polar surface area (TPSA) is 58.6 Å². The molecule has 1 aromatic rings. The molecule has 2 rings (SSSR count). The minimum absolute atomic E-state index is 0.00415. The van der Waals surface area contributed by atoms with E-state index < -0.39 is 33.7 Å². The molecule has 26 heavy (non-hydrogen) atoms. The molecule has 10 heteroatoms. The summed E-state index contributed by atoms with van der Waals surface area (Å²) in [5.74, 6) is -3.34. The zero-order valence-electron chi connectivity index (χ0n) is 14.4. The zero-order valence-corrected chi connectivity index (χ0v) is 16.1. The van der Waals surface area contributed by atoms with Gasteiger partial charge in [0.05, 0.1) is 19.3 Å². The third kappa shape index (κ3) is 5.59. The molecule has 2 atom stereocenters. The third-order valence-corrected chi connectivity index (χ3v) is 6.13. The minimum Gasteiger partial charge on any atom is -0.375 e. The standard InChI is InChI=1S/C16H23F3N2O3S2/c1-2-3-4-20-26(22,23)21-8-13(25)6-12(21)10-24-9-11-5-15(18)16(19)7-14(11)17/h5,7,12-13,20,25H,2-4,6,8-10H2,1H3/t12-,13?/m0/s1. The highest BCUT2D eigenvalue weighted by molar-refractivity contribution is 7.87. The first-order chi connectivity index (χ1) is 12.2. The van der Waals surface area contributed by atoms with Gasteiger partial charge in [0.2, 0.25) is 0 Å². The normalized spacial score (nSPS) is 21.4. The summed E-state index contributed by atoms with van der Waals surface area (Å²) in [4.78, 5) is 0. The second-order valence-electron chi connectivity index (χ2n) is 6.24. The third-order valence-electron chi connectivity index (χ3n) is 4.12. The molecule has 1 unspecified atom stereocenters. The average Bonchev–Trinajstić information content (AvgIpc) is 2.94. The van der Waals surface area contributed by atoms with Crippen LogP contribution in [-0.2, 0) is 21.6 Å². The molecule has 5 nitrogen and oxygen atoms in total. The zero-order chi connectivity index (χ0) is 19.3. The van der Waals surface area contributed by atoms with E-state index >= 15 is 0 Å². The highest BCUT2D eigenvalue weighted by Gasteiger charge is 2.38. The molecule has 0 saturated carbocycles. The van der Waals surface area contributed by atoms with Crippen molar-refractivity contribution in [2.45, 2.75) is 44.1 Å². The van der Waals surface area contributed by atoms with E-state index in [-0.39, 0.29) is 30.6 Å². The molecule has 1 aliphatic rings. The summed E-state index contributed by atoms with van der Waals surface area (Å²) in [6.07, 6.45) is 2.08. The number of halogens is 3. The van der Waals surface area contributed by atoms with Crippen LogP contribution < -0.4 is 4.72 Å². The van der Waals surface area contributed by atoms with Gasteiger partial charge >= 0.3 is 0 Å². The Balaban J connectivity index is 1.96. The second kappa shape index (κ2) is 9.41. The largest absolute Gasteiger partial charge is 0.375 e. The van der Waals surface area contributed by atoms with Gasteiger partial charge in [0.1, 0.15) is 5.82 Å². The number of hydrogen-bond donors (Lipinski definition) is 2. The van der Waals surface area contributed by atoms with Crippen molar-refractivity contribution in [3.8, 4) is 0 Å². The van der Waals surface area contributed by atoms with Crippen LogP contribution >= 0.6 is 12.6 Å². The fourth-order valence-corrected chi connectivity index (χ4v) is 4.76. The first kappa shape index (κ1) is 21.5. The molecule has 0 bridgehead atoms. The molecule has 1 heterocycles. The molecule has 0 aromatic heterocycles. The molecule has 0 aliphatic carbocycles. The maximum Gasteiger partial charge on any atom is 0.279 e. The van der Waals surface area contributed by atoms with Gasteiger partial charge in [-0.1, -0.05) is 13.3 Å². The van der Waals surface area contributed by atoms with Crippen LogP contribution in [0.5, 0.6) is 0 Å². The minimum atomic E-state index is -3.66. The smallest absolute Gasteiger partial charge is 0.279 e. The average molecular weight is 412 g/mol. The van der Waals surface area contributed by atoms with Crippen molar-refractivity contribution < 1.29 is 26.3 Å². The van der Waals surface area contributed by atoms with Crippen LogP contribution in [0.3, 0.4) is 0 Å². The summed E-state index contributed by atoms with van der Waals surface area (Å²) in [5, 5.41) is -0.133. The first-order valence-electron chi connectivity index (χ1n) is 8.40.